The highest BCUT2D eigenvalue weighted by Gasteiger charge is 2.34. The summed E-state index contributed by atoms with van der Waals surface area (Å²) in [6.45, 7) is 3.85. The number of nitrogens with two attached hydrogens (primary N) is 1. The number of ether oxygens (including phenoxy) is 1. The molecule has 2 unspecified atom stereocenters. The Balaban J connectivity index is 2.09. The summed E-state index contributed by atoms with van der Waals surface area (Å²) >= 11 is 0. The van der Waals surface area contributed by atoms with Crippen LogP contribution in [0, 0.1) is 0 Å². The zero-order valence-electron chi connectivity index (χ0n) is 12.3. The fourth-order valence-corrected chi connectivity index (χ4v) is 2.99. The summed E-state index contributed by atoms with van der Waals surface area (Å²) in [7, 11) is 2.02. The van der Waals surface area contributed by atoms with Gasteiger partial charge in [0, 0.05) is 57.1 Å². The summed E-state index contributed by atoms with van der Waals surface area (Å²) in [5.41, 5.74) is 6.61. The van der Waals surface area contributed by atoms with Crippen LogP contribution >= 0.6 is 0 Å². The van der Waals surface area contributed by atoms with E-state index in [4.69, 9.17) is 10.5 Å². The van der Waals surface area contributed by atoms with Gasteiger partial charge in [-0.15, -0.1) is 0 Å². The molecule has 1 aliphatic rings. The lowest BCUT2D eigenvalue weighted by Crippen LogP contribution is -2.49. The lowest BCUT2D eigenvalue weighted by atomic mass is 9.92. The van der Waals surface area contributed by atoms with Crippen molar-refractivity contribution in [2.24, 2.45) is 5.73 Å². The fourth-order valence-electron chi connectivity index (χ4n) is 2.99. The van der Waals surface area contributed by atoms with E-state index in [1.807, 2.05) is 26.1 Å². The second-order valence-electron chi connectivity index (χ2n) is 5.84. The largest absolute Gasteiger partial charge is 0.388 e. The van der Waals surface area contributed by atoms with E-state index in [1.165, 1.54) is 0 Å². The predicted octanol–water partition coefficient (Wildman–Crippen LogP) is 0.943. The van der Waals surface area contributed by atoms with Gasteiger partial charge in [-0.25, -0.2) is 0 Å². The first-order valence-corrected chi connectivity index (χ1v) is 7.18. The maximum absolute atomic E-state index is 10.6. The topological polar surface area (TPSA) is 71.6 Å². The molecule has 3 N–H and O–H groups in total. The van der Waals surface area contributed by atoms with E-state index in [0.29, 0.717) is 32.6 Å². The highest BCUT2D eigenvalue weighted by molar-refractivity contribution is 5.17. The quantitative estimate of drug-likeness (QED) is 0.839. The Bertz CT molecular complexity index is 405. The monoisotopic (exact) mass is 279 g/mol. The molecule has 112 valence electrons. The highest BCUT2D eigenvalue weighted by atomic mass is 16.5. The van der Waals surface area contributed by atoms with Crippen molar-refractivity contribution in [3.05, 3.63) is 30.1 Å². The van der Waals surface area contributed by atoms with Crippen LogP contribution < -0.4 is 5.73 Å². The smallest absolute Gasteiger partial charge is 0.0818 e. The number of aromatic nitrogens is 1. The van der Waals surface area contributed by atoms with Crippen molar-refractivity contribution in [1.29, 1.82) is 0 Å². The van der Waals surface area contributed by atoms with Crippen LogP contribution in [0.5, 0.6) is 0 Å². The van der Waals surface area contributed by atoms with Gasteiger partial charge in [0.05, 0.1) is 5.60 Å². The van der Waals surface area contributed by atoms with Crippen molar-refractivity contribution in [2.45, 2.75) is 37.5 Å². The minimum absolute atomic E-state index is 0.0224. The van der Waals surface area contributed by atoms with Gasteiger partial charge in [0.25, 0.3) is 0 Å². The highest BCUT2D eigenvalue weighted by Crippen LogP contribution is 2.27. The number of pyridine rings is 1. The van der Waals surface area contributed by atoms with Crippen molar-refractivity contribution < 1.29 is 9.84 Å². The van der Waals surface area contributed by atoms with E-state index >= 15 is 0 Å². The van der Waals surface area contributed by atoms with E-state index in [0.717, 1.165) is 5.56 Å². The predicted molar refractivity (Wildman–Crippen MR) is 78.3 cm³/mol. The minimum Gasteiger partial charge on any atom is -0.388 e. The number of hydrogen-bond donors (Lipinski definition) is 2. The van der Waals surface area contributed by atoms with Gasteiger partial charge in [-0.1, -0.05) is 0 Å². The molecule has 20 heavy (non-hydrogen) atoms. The number of hydrogen-bond acceptors (Lipinski definition) is 5. The minimum atomic E-state index is -0.673. The molecule has 0 radical (unpaired) electrons. The van der Waals surface area contributed by atoms with Crippen LogP contribution in [0.4, 0.5) is 0 Å². The molecule has 1 saturated heterocycles. The average Bonchev–Trinajstić information content (AvgIpc) is 2.39. The van der Waals surface area contributed by atoms with E-state index < -0.39 is 5.60 Å². The molecule has 1 fully saturated rings. The van der Waals surface area contributed by atoms with Gasteiger partial charge in [0.1, 0.15) is 0 Å². The van der Waals surface area contributed by atoms with Crippen LogP contribution in [0.1, 0.15) is 31.4 Å². The van der Waals surface area contributed by atoms with E-state index in [9.17, 15) is 5.11 Å². The molecule has 0 amide bonds. The Morgan fingerprint density at radius 2 is 2.00 bits per heavy atom. The number of likely N-dealkylation sites (N-methyl/N-ethyl adjacent to an activating group) is 1. The molecule has 2 heterocycles. The SMILES string of the molecule is CC(N)C(c1ccncc1)N(C)CC1(O)CCOCC1. The van der Waals surface area contributed by atoms with E-state index in [-0.39, 0.29) is 12.1 Å². The Morgan fingerprint density at radius 1 is 1.40 bits per heavy atom. The molecule has 2 atom stereocenters. The third kappa shape index (κ3) is 3.76. The van der Waals surface area contributed by atoms with Crippen molar-refractivity contribution in [3.63, 3.8) is 0 Å². The van der Waals surface area contributed by atoms with Crippen LogP contribution in [0.25, 0.3) is 0 Å². The van der Waals surface area contributed by atoms with Gasteiger partial charge in [0.2, 0.25) is 0 Å². The zero-order valence-corrected chi connectivity index (χ0v) is 12.3. The molecule has 5 heteroatoms. The van der Waals surface area contributed by atoms with Crippen molar-refractivity contribution in [3.8, 4) is 0 Å². The standard InChI is InChI=1S/C15H25N3O2/c1-12(16)14(13-3-7-17-8-4-13)18(2)11-15(19)5-9-20-10-6-15/h3-4,7-8,12,14,19H,5-6,9-11,16H2,1-2H3. The first-order valence-electron chi connectivity index (χ1n) is 7.18. The Kier molecular flexibility index (Phi) is 5.10. The Hall–Kier alpha value is -1.01. The fraction of sp³-hybridized carbons (Fsp3) is 0.667. The molecule has 0 bridgehead atoms. The summed E-state index contributed by atoms with van der Waals surface area (Å²) in [6, 6.07) is 4.02. The summed E-state index contributed by atoms with van der Waals surface area (Å²) in [5.74, 6) is 0. The van der Waals surface area contributed by atoms with Crippen LogP contribution in [-0.2, 0) is 4.74 Å². The molecule has 1 aromatic rings. The third-order valence-corrected chi connectivity index (χ3v) is 3.99. The first kappa shape index (κ1) is 15.4. The molecule has 5 nitrogen and oxygen atoms in total. The van der Waals surface area contributed by atoms with E-state index in [1.54, 1.807) is 12.4 Å². The van der Waals surface area contributed by atoms with Gasteiger partial charge in [-0.2, -0.15) is 0 Å². The second-order valence-corrected chi connectivity index (χ2v) is 5.84. The van der Waals surface area contributed by atoms with Gasteiger partial charge in [-0.3, -0.25) is 9.88 Å². The van der Waals surface area contributed by atoms with Crippen LogP contribution in [-0.4, -0.2) is 53.4 Å². The molecule has 0 spiro atoms. The van der Waals surface area contributed by atoms with Crippen LogP contribution in [0.15, 0.2) is 24.5 Å². The van der Waals surface area contributed by atoms with Gasteiger partial charge < -0.3 is 15.6 Å². The molecule has 1 aromatic heterocycles. The van der Waals surface area contributed by atoms with Crippen LogP contribution in [0.2, 0.25) is 0 Å². The summed E-state index contributed by atoms with van der Waals surface area (Å²) in [4.78, 5) is 6.19. The number of nitrogens with zero attached hydrogens (tertiary/aromatic N) is 2. The molecular formula is C15H25N3O2. The maximum atomic E-state index is 10.6. The van der Waals surface area contributed by atoms with E-state index in [2.05, 4.69) is 9.88 Å². The number of aliphatic hydroxyl groups is 1. The normalized spacial score (nSPS) is 21.6. The third-order valence-electron chi connectivity index (χ3n) is 3.99. The molecule has 1 aliphatic heterocycles. The molecule has 0 aliphatic carbocycles. The van der Waals surface area contributed by atoms with Crippen LogP contribution in [0.3, 0.4) is 0 Å². The van der Waals surface area contributed by atoms with Crippen molar-refractivity contribution in [1.82, 2.24) is 9.88 Å². The van der Waals surface area contributed by atoms with Crippen molar-refractivity contribution in [2.75, 3.05) is 26.8 Å². The molecule has 0 aromatic carbocycles. The lowest BCUT2D eigenvalue weighted by molar-refractivity contribution is -0.0824. The molecular weight excluding hydrogens is 254 g/mol. The van der Waals surface area contributed by atoms with Gasteiger partial charge in [-0.05, 0) is 31.7 Å². The summed E-state index contributed by atoms with van der Waals surface area (Å²) in [6.07, 6.45) is 4.92. The zero-order chi connectivity index (χ0) is 14.6. The molecule has 2 rings (SSSR count). The summed E-state index contributed by atoms with van der Waals surface area (Å²) in [5, 5.41) is 10.6. The van der Waals surface area contributed by atoms with Gasteiger partial charge in [0.15, 0.2) is 0 Å². The number of rotatable bonds is 5. The first-order chi connectivity index (χ1) is 9.52. The second kappa shape index (κ2) is 6.63. The maximum Gasteiger partial charge on any atom is 0.0818 e. The van der Waals surface area contributed by atoms with Crippen molar-refractivity contribution >= 4 is 0 Å². The summed E-state index contributed by atoms with van der Waals surface area (Å²) < 4.78 is 5.33. The molecule has 0 saturated carbocycles. The Morgan fingerprint density at radius 3 is 2.55 bits per heavy atom. The Labute approximate surface area is 120 Å². The average molecular weight is 279 g/mol. The van der Waals surface area contributed by atoms with Gasteiger partial charge >= 0.3 is 0 Å². The lowest BCUT2D eigenvalue weighted by Gasteiger charge is -2.39.